The lowest BCUT2D eigenvalue weighted by Gasteiger charge is -2.23. The molecule has 1 aromatic carbocycles. The van der Waals surface area contributed by atoms with Crippen LogP contribution in [0.3, 0.4) is 0 Å². The van der Waals surface area contributed by atoms with E-state index in [0.29, 0.717) is 23.4 Å². The predicted molar refractivity (Wildman–Crippen MR) is 103 cm³/mol. The summed E-state index contributed by atoms with van der Waals surface area (Å²) < 4.78 is 13.3. The molecule has 142 valence electrons. The molecule has 3 aromatic rings. The largest absolute Gasteiger partial charge is 0.340 e. The molecule has 0 saturated heterocycles. The molecule has 0 aliphatic heterocycles. The van der Waals surface area contributed by atoms with Crippen LogP contribution in [0.1, 0.15) is 43.6 Å². The van der Waals surface area contributed by atoms with Crippen molar-refractivity contribution < 1.29 is 9.18 Å². The van der Waals surface area contributed by atoms with E-state index in [0.717, 1.165) is 24.8 Å². The molecule has 7 heteroatoms. The van der Waals surface area contributed by atoms with Crippen molar-refractivity contribution in [3.05, 3.63) is 59.9 Å². The number of rotatable bonds is 7. The molecule has 0 saturated carbocycles. The van der Waals surface area contributed by atoms with Crippen molar-refractivity contribution in [3.8, 4) is 0 Å². The van der Waals surface area contributed by atoms with Gasteiger partial charge in [-0.25, -0.2) is 14.2 Å². The number of carbonyl (C=O) groups excluding carboxylic acids is 1. The lowest BCUT2D eigenvalue weighted by molar-refractivity contribution is 0.200. The van der Waals surface area contributed by atoms with Crippen LogP contribution in [0.2, 0.25) is 0 Å². The maximum absolute atomic E-state index is 13.3. The Balaban J connectivity index is 1.67. The second-order valence-electron chi connectivity index (χ2n) is 6.63. The van der Waals surface area contributed by atoms with Crippen molar-refractivity contribution in [2.75, 3.05) is 7.05 Å². The number of aromatic nitrogens is 3. The van der Waals surface area contributed by atoms with Crippen molar-refractivity contribution in [1.29, 1.82) is 0 Å². The van der Waals surface area contributed by atoms with Gasteiger partial charge in [0.05, 0.1) is 23.6 Å². The Labute approximate surface area is 157 Å². The molecule has 3 rings (SSSR count). The number of imidazole rings is 1. The zero-order valence-corrected chi connectivity index (χ0v) is 15.6. The van der Waals surface area contributed by atoms with Crippen molar-refractivity contribution in [2.45, 2.75) is 38.8 Å². The van der Waals surface area contributed by atoms with E-state index in [9.17, 15) is 9.18 Å². The van der Waals surface area contributed by atoms with Crippen LogP contribution in [0.25, 0.3) is 11.0 Å². The summed E-state index contributed by atoms with van der Waals surface area (Å²) in [5.74, 6) is 0.291. The Kier molecular flexibility index (Phi) is 6.01. The number of fused-ring (bicyclic) bond motifs is 1. The van der Waals surface area contributed by atoms with Crippen LogP contribution < -0.4 is 5.32 Å². The fourth-order valence-electron chi connectivity index (χ4n) is 2.98. The number of pyridine rings is 1. The average Bonchev–Trinajstić information content (AvgIpc) is 3.06. The van der Waals surface area contributed by atoms with Crippen LogP contribution in [-0.4, -0.2) is 32.9 Å². The van der Waals surface area contributed by atoms with Crippen LogP contribution in [0.15, 0.2) is 42.7 Å². The van der Waals surface area contributed by atoms with Gasteiger partial charge in [0.1, 0.15) is 11.6 Å². The number of hydrogen-bond donors (Lipinski definition) is 2. The molecular weight excluding hydrogens is 345 g/mol. The minimum atomic E-state index is -0.320. The van der Waals surface area contributed by atoms with Gasteiger partial charge in [0, 0.05) is 19.4 Å². The van der Waals surface area contributed by atoms with Crippen LogP contribution in [-0.2, 0) is 6.54 Å². The molecule has 0 fully saturated rings. The number of nitrogens with zero attached hydrogens (tertiary/aromatic N) is 3. The van der Waals surface area contributed by atoms with E-state index < -0.39 is 0 Å². The maximum Gasteiger partial charge on any atom is 0.318 e. The van der Waals surface area contributed by atoms with Crippen molar-refractivity contribution in [1.82, 2.24) is 25.2 Å². The normalized spacial score (nSPS) is 12.1. The second kappa shape index (κ2) is 8.62. The molecular formula is C20H24FN5O. The molecule has 27 heavy (non-hydrogen) atoms. The van der Waals surface area contributed by atoms with Crippen molar-refractivity contribution in [3.63, 3.8) is 0 Å². The quantitative estimate of drug-likeness (QED) is 0.656. The fraction of sp³-hybridized carbons (Fsp3) is 0.350. The molecule has 0 radical (unpaired) electrons. The summed E-state index contributed by atoms with van der Waals surface area (Å²) in [6.07, 6.45) is 6.43. The first kappa shape index (κ1) is 18.8. The highest BCUT2D eigenvalue weighted by Crippen LogP contribution is 2.19. The van der Waals surface area contributed by atoms with Crippen molar-refractivity contribution >= 4 is 17.1 Å². The topological polar surface area (TPSA) is 73.9 Å². The van der Waals surface area contributed by atoms with Gasteiger partial charge in [-0.1, -0.05) is 25.8 Å². The standard InChI is InChI=1S/C20H24FN5O/c1-3-4-7-16(14-6-5-10-22-12-14)25-20(27)26(2)13-19-23-17-9-8-15(21)11-18(17)24-19/h5-6,8-12,16H,3-4,7,13H2,1-2H3,(H,23,24)(H,25,27)/t16-/m1/s1. The fourth-order valence-corrected chi connectivity index (χ4v) is 2.98. The highest BCUT2D eigenvalue weighted by molar-refractivity contribution is 5.76. The number of urea groups is 1. The minimum Gasteiger partial charge on any atom is -0.340 e. The van der Waals surface area contributed by atoms with Crippen LogP contribution in [0, 0.1) is 5.82 Å². The van der Waals surface area contributed by atoms with Gasteiger partial charge in [0.2, 0.25) is 0 Å². The van der Waals surface area contributed by atoms with Gasteiger partial charge in [0.15, 0.2) is 0 Å². The van der Waals surface area contributed by atoms with E-state index >= 15 is 0 Å². The highest BCUT2D eigenvalue weighted by Gasteiger charge is 2.18. The van der Waals surface area contributed by atoms with E-state index in [1.54, 1.807) is 30.4 Å². The zero-order chi connectivity index (χ0) is 19.2. The smallest absolute Gasteiger partial charge is 0.318 e. The summed E-state index contributed by atoms with van der Waals surface area (Å²) in [7, 11) is 1.71. The first-order valence-corrected chi connectivity index (χ1v) is 9.12. The number of amides is 2. The highest BCUT2D eigenvalue weighted by atomic mass is 19.1. The molecule has 0 aliphatic carbocycles. The lowest BCUT2D eigenvalue weighted by Crippen LogP contribution is -2.39. The Hall–Kier alpha value is -2.96. The Bertz CT molecular complexity index is 896. The van der Waals surface area contributed by atoms with E-state index in [1.165, 1.54) is 12.1 Å². The number of unbranched alkanes of at least 4 members (excludes halogenated alkanes) is 1. The summed E-state index contributed by atoms with van der Waals surface area (Å²) >= 11 is 0. The second-order valence-corrected chi connectivity index (χ2v) is 6.63. The number of carbonyl (C=O) groups is 1. The number of aromatic amines is 1. The minimum absolute atomic E-state index is 0.0848. The van der Waals surface area contributed by atoms with Gasteiger partial charge in [-0.15, -0.1) is 0 Å². The monoisotopic (exact) mass is 369 g/mol. The van der Waals surface area contributed by atoms with Gasteiger partial charge in [-0.05, 0) is 36.2 Å². The third-order valence-electron chi connectivity index (χ3n) is 4.46. The van der Waals surface area contributed by atoms with E-state index in [1.807, 2.05) is 12.1 Å². The summed E-state index contributed by atoms with van der Waals surface area (Å²) in [4.78, 5) is 25.8. The number of H-pyrrole nitrogens is 1. The molecule has 0 unspecified atom stereocenters. The average molecular weight is 369 g/mol. The third-order valence-corrected chi connectivity index (χ3v) is 4.46. The first-order chi connectivity index (χ1) is 13.1. The van der Waals surface area contributed by atoms with Crippen LogP contribution >= 0.6 is 0 Å². The lowest BCUT2D eigenvalue weighted by atomic mass is 10.0. The van der Waals surface area contributed by atoms with Crippen LogP contribution in [0.4, 0.5) is 9.18 Å². The summed E-state index contributed by atoms with van der Waals surface area (Å²) in [5.41, 5.74) is 2.29. The Morgan fingerprint density at radius 1 is 1.37 bits per heavy atom. The molecule has 6 nitrogen and oxygen atoms in total. The molecule has 2 N–H and O–H groups in total. The van der Waals surface area contributed by atoms with Gasteiger partial charge < -0.3 is 15.2 Å². The SMILES string of the molecule is CCCC[C@@H](NC(=O)N(C)Cc1nc2ccc(F)cc2[nH]1)c1cccnc1. The number of benzene rings is 1. The number of halogens is 1. The Morgan fingerprint density at radius 2 is 2.22 bits per heavy atom. The summed E-state index contributed by atoms with van der Waals surface area (Å²) in [6.45, 7) is 2.42. The summed E-state index contributed by atoms with van der Waals surface area (Å²) in [6, 6.07) is 7.96. The van der Waals surface area contributed by atoms with Gasteiger partial charge in [0.25, 0.3) is 0 Å². The molecule has 0 bridgehead atoms. The number of hydrogen-bond acceptors (Lipinski definition) is 3. The van der Waals surface area contributed by atoms with Crippen molar-refractivity contribution in [2.24, 2.45) is 0 Å². The van der Waals surface area contributed by atoms with Gasteiger partial charge >= 0.3 is 6.03 Å². The Morgan fingerprint density at radius 3 is 2.96 bits per heavy atom. The molecule has 2 heterocycles. The van der Waals surface area contributed by atoms with Crippen LogP contribution in [0.5, 0.6) is 0 Å². The van der Waals surface area contributed by atoms with Gasteiger partial charge in [-0.2, -0.15) is 0 Å². The molecule has 2 amide bonds. The summed E-state index contributed by atoms with van der Waals surface area (Å²) in [5, 5.41) is 3.08. The first-order valence-electron chi connectivity index (χ1n) is 9.12. The molecule has 1 atom stereocenters. The predicted octanol–water partition coefficient (Wildman–Crippen LogP) is 4.17. The van der Waals surface area contributed by atoms with E-state index in [2.05, 4.69) is 27.2 Å². The number of nitrogens with one attached hydrogen (secondary N) is 2. The molecule has 2 aromatic heterocycles. The third kappa shape index (κ3) is 4.81. The van der Waals surface area contributed by atoms with Gasteiger partial charge in [-0.3, -0.25) is 4.98 Å². The molecule has 0 spiro atoms. The van der Waals surface area contributed by atoms with E-state index in [4.69, 9.17) is 0 Å². The van der Waals surface area contributed by atoms with E-state index in [-0.39, 0.29) is 17.9 Å². The zero-order valence-electron chi connectivity index (χ0n) is 15.6. The maximum atomic E-state index is 13.3. The molecule has 0 aliphatic rings.